The molecule has 2 N–H and O–H groups in total. The SMILES string of the molecule is CN1CCC(Oc2ccc(NC(=O)C3Cc4ccccc4C(=O)N3)cc2)CC1. The van der Waals surface area contributed by atoms with E-state index in [0.717, 1.165) is 37.2 Å². The Labute approximate surface area is 164 Å². The summed E-state index contributed by atoms with van der Waals surface area (Å²) in [5.74, 6) is 0.392. The molecule has 0 bridgehead atoms. The first kappa shape index (κ1) is 18.5. The third kappa shape index (κ3) is 4.17. The molecule has 0 saturated carbocycles. The number of benzene rings is 2. The zero-order valence-electron chi connectivity index (χ0n) is 16.0. The molecule has 1 saturated heterocycles. The Kier molecular flexibility index (Phi) is 5.30. The highest BCUT2D eigenvalue weighted by Crippen LogP contribution is 2.22. The summed E-state index contributed by atoms with van der Waals surface area (Å²) in [5, 5.41) is 5.67. The number of hydrogen-bond donors (Lipinski definition) is 2. The second-order valence-corrected chi connectivity index (χ2v) is 7.52. The van der Waals surface area contributed by atoms with Crippen LogP contribution >= 0.6 is 0 Å². The van der Waals surface area contributed by atoms with Gasteiger partial charge in [0.15, 0.2) is 0 Å². The first-order valence-corrected chi connectivity index (χ1v) is 9.73. The highest BCUT2D eigenvalue weighted by atomic mass is 16.5. The van der Waals surface area contributed by atoms with Crippen LogP contribution in [0.25, 0.3) is 0 Å². The molecule has 0 radical (unpaired) electrons. The average molecular weight is 379 g/mol. The monoisotopic (exact) mass is 379 g/mol. The fraction of sp³-hybridized carbons (Fsp3) is 0.364. The van der Waals surface area contributed by atoms with Gasteiger partial charge >= 0.3 is 0 Å². The van der Waals surface area contributed by atoms with Crippen LogP contribution in [0.4, 0.5) is 5.69 Å². The van der Waals surface area contributed by atoms with Crippen molar-refractivity contribution in [3.05, 3.63) is 59.7 Å². The molecule has 2 aromatic carbocycles. The van der Waals surface area contributed by atoms with E-state index in [0.29, 0.717) is 17.7 Å². The highest BCUT2D eigenvalue weighted by Gasteiger charge is 2.28. The highest BCUT2D eigenvalue weighted by molar-refractivity contribution is 6.03. The third-order valence-corrected chi connectivity index (χ3v) is 5.40. The van der Waals surface area contributed by atoms with Gasteiger partial charge in [-0.1, -0.05) is 18.2 Å². The van der Waals surface area contributed by atoms with Crippen molar-refractivity contribution in [1.82, 2.24) is 10.2 Å². The molecule has 2 aromatic rings. The first-order valence-electron chi connectivity index (χ1n) is 9.73. The Balaban J connectivity index is 1.34. The number of nitrogens with zero attached hydrogens (tertiary/aromatic N) is 1. The van der Waals surface area contributed by atoms with E-state index in [9.17, 15) is 9.59 Å². The summed E-state index contributed by atoms with van der Waals surface area (Å²) in [6.45, 7) is 2.10. The maximum Gasteiger partial charge on any atom is 0.252 e. The standard InChI is InChI=1S/C22H25N3O3/c1-25-12-10-18(11-13-25)28-17-8-6-16(7-9-17)23-22(27)20-14-15-4-2-3-5-19(15)21(26)24-20/h2-9,18,20H,10-14H2,1H3,(H,23,27)(H,24,26). The number of nitrogens with one attached hydrogen (secondary N) is 2. The molecular weight excluding hydrogens is 354 g/mol. The van der Waals surface area contributed by atoms with Gasteiger partial charge < -0.3 is 20.3 Å². The number of amides is 2. The lowest BCUT2D eigenvalue weighted by atomic mass is 9.95. The van der Waals surface area contributed by atoms with Crippen LogP contribution < -0.4 is 15.4 Å². The van der Waals surface area contributed by atoms with E-state index in [1.165, 1.54) is 0 Å². The van der Waals surface area contributed by atoms with E-state index in [1.807, 2.05) is 42.5 Å². The smallest absolute Gasteiger partial charge is 0.252 e. The normalized spacial score (nSPS) is 20.2. The van der Waals surface area contributed by atoms with Crippen molar-refractivity contribution >= 4 is 17.5 Å². The minimum absolute atomic E-state index is 0.205. The van der Waals surface area contributed by atoms with E-state index in [1.54, 1.807) is 6.07 Å². The molecule has 146 valence electrons. The molecular formula is C22H25N3O3. The number of fused-ring (bicyclic) bond motifs is 1. The Morgan fingerprint density at radius 1 is 1.11 bits per heavy atom. The van der Waals surface area contributed by atoms with Crippen LogP contribution in [-0.2, 0) is 11.2 Å². The van der Waals surface area contributed by atoms with Crippen LogP contribution in [-0.4, -0.2) is 49.0 Å². The van der Waals surface area contributed by atoms with Crippen molar-refractivity contribution in [1.29, 1.82) is 0 Å². The number of likely N-dealkylation sites (tertiary alicyclic amines) is 1. The van der Waals surface area contributed by atoms with Gasteiger partial charge in [0.05, 0.1) is 0 Å². The van der Waals surface area contributed by atoms with Gasteiger partial charge in [-0.2, -0.15) is 0 Å². The van der Waals surface area contributed by atoms with E-state index in [4.69, 9.17) is 4.74 Å². The van der Waals surface area contributed by atoms with Crippen LogP contribution in [0.5, 0.6) is 5.75 Å². The molecule has 0 spiro atoms. The number of piperidine rings is 1. The van der Waals surface area contributed by atoms with Gasteiger partial charge in [-0.3, -0.25) is 9.59 Å². The van der Waals surface area contributed by atoms with E-state index in [2.05, 4.69) is 22.6 Å². The second-order valence-electron chi connectivity index (χ2n) is 7.52. The van der Waals surface area contributed by atoms with Gasteiger partial charge in [0, 0.05) is 30.8 Å². The lowest BCUT2D eigenvalue weighted by Crippen LogP contribution is -2.48. The summed E-state index contributed by atoms with van der Waals surface area (Å²) in [6.07, 6.45) is 2.79. The fourth-order valence-corrected chi connectivity index (χ4v) is 3.73. The molecule has 0 aliphatic carbocycles. The van der Waals surface area contributed by atoms with Gasteiger partial charge in [0.1, 0.15) is 17.9 Å². The van der Waals surface area contributed by atoms with Gasteiger partial charge in [0.2, 0.25) is 5.91 Å². The first-order chi connectivity index (χ1) is 13.6. The molecule has 2 heterocycles. The number of carbonyl (C=O) groups is 2. The zero-order chi connectivity index (χ0) is 19.5. The van der Waals surface area contributed by atoms with Crippen molar-refractivity contribution in [2.45, 2.75) is 31.4 Å². The molecule has 2 aliphatic rings. The number of ether oxygens (including phenoxy) is 1. The molecule has 6 nitrogen and oxygen atoms in total. The summed E-state index contributed by atoms with van der Waals surface area (Å²) < 4.78 is 6.04. The summed E-state index contributed by atoms with van der Waals surface area (Å²) >= 11 is 0. The molecule has 2 amide bonds. The molecule has 28 heavy (non-hydrogen) atoms. The third-order valence-electron chi connectivity index (χ3n) is 5.40. The number of rotatable bonds is 4. The molecule has 6 heteroatoms. The van der Waals surface area contributed by atoms with Crippen molar-refractivity contribution < 1.29 is 14.3 Å². The number of carbonyl (C=O) groups excluding carboxylic acids is 2. The lowest BCUT2D eigenvalue weighted by molar-refractivity contribution is -0.118. The van der Waals surface area contributed by atoms with Gasteiger partial charge in [-0.05, 0) is 55.8 Å². The van der Waals surface area contributed by atoms with Crippen molar-refractivity contribution in [3.63, 3.8) is 0 Å². The minimum Gasteiger partial charge on any atom is -0.490 e. The van der Waals surface area contributed by atoms with Crippen molar-refractivity contribution in [2.75, 3.05) is 25.5 Å². The Hall–Kier alpha value is -2.86. The molecule has 4 rings (SSSR count). The predicted octanol–water partition coefficient (Wildman–Crippen LogP) is 2.45. The lowest BCUT2D eigenvalue weighted by Gasteiger charge is -2.29. The Morgan fingerprint density at radius 3 is 2.57 bits per heavy atom. The van der Waals surface area contributed by atoms with Gasteiger partial charge in [-0.25, -0.2) is 0 Å². The van der Waals surface area contributed by atoms with Crippen LogP contribution in [0, 0.1) is 0 Å². The maximum absolute atomic E-state index is 12.6. The predicted molar refractivity (Wildman–Crippen MR) is 108 cm³/mol. The van der Waals surface area contributed by atoms with Gasteiger partial charge in [-0.15, -0.1) is 0 Å². The van der Waals surface area contributed by atoms with Crippen LogP contribution in [0.2, 0.25) is 0 Å². The molecule has 1 unspecified atom stereocenters. The second kappa shape index (κ2) is 8.02. The van der Waals surface area contributed by atoms with E-state index < -0.39 is 6.04 Å². The minimum atomic E-state index is -0.572. The summed E-state index contributed by atoms with van der Waals surface area (Å²) in [6, 6.07) is 14.2. The Bertz CT molecular complexity index is 858. The maximum atomic E-state index is 12.6. The van der Waals surface area contributed by atoms with Crippen molar-refractivity contribution in [2.24, 2.45) is 0 Å². The summed E-state index contributed by atoms with van der Waals surface area (Å²) in [4.78, 5) is 27.1. The topological polar surface area (TPSA) is 70.7 Å². The van der Waals surface area contributed by atoms with E-state index in [-0.39, 0.29) is 17.9 Å². The summed E-state index contributed by atoms with van der Waals surface area (Å²) in [5.41, 5.74) is 2.23. The quantitative estimate of drug-likeness (QED) is 0.856. The fourth-order valence-electron chi connectivity index (χ4n) is 3.73. The van der Waals surface area contributed by atoms with Crippen LogP contribution in [0.3, 0.4) is 0 Å². The molecule has 1 atom stereocenters. The Morgan fingerprint density at radius 2 is 1.82 bits per heavy atom. The summed E-state index contributed by atoms with van der Waals surface area (Å²) in [7, 11) is 2.13. The molecule has 2 aliphatic heterocycles. The van der Waals surface area contributed by atoms with Crippen molar-refractivity contribution in [3.8, 4) is 5.75 Å². The molecule has 0 aromatic heterocycles. The average Bonchev–Trinajstić information content (AvgIpc) is 2.71. The van der Waals surface area contributed by atoms with Gasteiger partial charge in [0.25, 0.3) is 5.91 Å². The number of anilines is 1. The van der Waals surface area contributed by atoms with E-state index >= 15 is 0 Å². The molecule has 1 fully saturated rings. The zero-order valence-corrected chi connectivity index (χ0v) is 16.0. The largest absolute Gasteiger partial charge is 0.490 e. The van der Waals surface area contributed by atoms with Crippen LogP contribution in [0.1, 0.15) is 28.8 Å². The van der Waals surface area contributed by atoms with Crippen LogP contribution in [0.15, 0.2) is 48.5 Å². The number of hydrogen-bond acceptors (Lipinski definition) is 4.